The maximum Gasteiger partial charge on any atom is 0.160 e. The van der Waals surface area contributed by atoms with Crippen LogP contribution in [0.2, 0.25) is 0 Å². The minimum absolute atomic E-state index is 0.0397. The summed E-state index contributed by atoms with van der Waals surface area (Å²) in [6, 6.07) is 10.5. The number of ketones is 1. The van der Waals surface area contributed by atoms with E-state index >= 15 is 0 Å². The number of Topliss-reactive ketones (excluding diaryl/α,β-unsaturated/α-hetero) is 1. The monoisotopic (exact) mass is 334 g/mol. The number of rotatable bonds is 3. The van der Waals surface area contributed by atoms with Gasteiger partial charge in [0, 0.05) is 35.6 Å². The average Bonchev–Trinajstić information content (AvgIpc) is 3.01. The van der Waals surface area contributed by atoms with Gasteiger partial charge in [-0.2, -0.15) is 5.10 Å². The number of aromatic nitrogens is 2. The van der Waals surface area contributed by atoms with Crippen molar-refractivity contribution in [2.24, 2.45) is 5.41 Å². The quantitative estimate of drug-likeness (QED) is 0.870. The molecule has 1 atom stereocenters. The first-order valence-corrected chi connectivity index (χ1v) is 9.42. The molecule has 2 aliphatic carbocycles. The summed E-state index contributed by atoms with van der Waals surface area (Å²) in [5.41, 5.74) is 7.16. The molecule has 1 unspecified atom stereocenters. The van der Waals surface area contributed by atoms with E-state index in [1.165, 1.54) is 16.7 Å². The fourth-order valence-corrected chi connectivity index (χ4v) is 4.85. The number of nitrogens with zero attached hydrogens (tertiary/aromatic N) is 1. The van der Waals surface area contributed by atoms with Crippen LogP contribution in [0.4, 0.5) is 0 Å². The van der Waals surface area contributed by atoms with Crippen molar-refractivity contribution in [3.8, 4) is 0 Å². The Bertz CT molecular complexity index is 840. The molecular formula is C22H26N2O. The Morgan fingerprint density at radius 1 is 1.16 bits per heavy atom. The molecule has 0 aliphatic heterocycles. The van der Waals surface area contributed by atoms with Crippen LogP contribution >= 0.6 is 0 Å². The molecule has 4 rings (SSSR count). The van der Waals surface area contributed by atoms with E-state index in [0.717, 1.165) is 42.6 Å². The van der Waals surface area contributed by atoms with E-state index in [4.69, 9.17) is 0 Å². The number of H-pyrrole nitrogens is 1. The van der Waals surface area contributed by atoms with Crippen LogP contribution in [-0.2, 0) is 11.2 Å². The van der Waals surface area contributed by atoms with Crippen molar-refractivity contribution in [2.75, 3.05) is 0 Å². The van der Waals surface area contributed by atoms with Gasteiger partial charge in [-0.25, -0.2) is 0 Å². The number of aryl methyl sites for hydroxylation is 1. The topological polar surface area (TPSA) is 45.8 Å². The summed E-state index contributed by atoms with van der Waals surface area (Å²) in [4.78, 5) is 13.3. The number of fused-ring (bicyclic) bond motifs is 1. The Balaban J connectivity index is 1.90. The van der Waals surface area contributed by atoms with Gasteiger partial charge in [0.05, 0.1) is 5.69 Å². The van der Waals surface area contributed by atoms with Gasteiger partial charge < -0.3 is 0 Å². The molecule has 3 nitrogen and oxygen atoms in total. The predicted molar refractivity (Wildman–Crippen MR) is 99.6 cm³/mol. The second-order valence-corrected chi connectivity index (χ2v) is 7.73. The van der Waals surface area contributed by atoms with E-state index in [-0.39, 0.29) is 11.3 Å². The van der Waals surface area contributed by atoms with E-state index in [1.807, 2.05) is 6.07 Å². The Labute approximate surface area is 149 Å². The molecule has 0 amide bonds. The number of aromatic amines is 1. The van der Waals surface area contributed by atoms with Gasteiger partial charge in [-0.15, -0.1) is 0 Å². The summed E-state index contributed by atoms with van der Waals surface area (Å²) in [6.07, 6.45) is 4.68. The molecule has 0 saturated heterocycles. The molecule has 130 valence electrons. The highest BCUT2D eigenvalue weighted by Crippen LogP contribution is 2.51. The molecule has 25 heavy (non-hydrogen) atoms. The maximum atomic E-state index is 13.3. The van der Waals surface area contributed by atoms with Gasteiger partial charge >= 0.3 is 0 Å². The molecule has 1 aromatic heterocycles. The molecule has 1 heterocycles. The van der Waals surface area contributed by atoms with Crippen LogP contribution < -0.4 is 0 Å². The van der Waals surface area contributed by atoms with Crippen molar-refractivity contribution < 1.29 is 4.79 Å². The van der Waals surface area contributed by atoms with Gasteiger partial charge in [0.15, 0.2) is 5.78 Å². The highest BCUT2D eigenvalue weighted by Gasteiger charge is 2.43. The summed E-state index contributed by atoms with van der Waals surface area (Å²) in [6.45, 7) is 6.52. The van der Waals surface area contributed by atoms with Gasteiger partial charge in [-0.05, 0) is 37.2 Å². The van der Waals surface area contributed by atoms with Crippen molar-refractivity contribution in [3.05, 3.63) is 64.0 Å². The number of hydrogen-bond donors (Lipinski definition) is 1. The SMILES string of the molecule is CCC1(CC)CC(=O)C2=C(Cc3n[nH]c(C)c3C2c2ccccc2)C1. The Morgan fingerprint density at radius 3 is 2.56 bits per heavy atom. The Kier molecular flexibility index (Phi) is 3.90. The van der Waals surface area contributed by atoms with Crippen LogP contribution in [0.15, 0.2) is 41.5 Å². The van der Waals surface area contributed by atoms with E-state index in [0.29, 0.717) is 12.2 Å². The van der Waals surface area contributed by atoms with Gasteiger partial charge in [0.2, 0.25) is 0 Å². The van der Waals surface area contributed by atoms with Crippen molar-refractivity contribution in [3.63, 3.8) is 0 Å². The first kappa shape index (κ1) is 16.3. The fraction of sp³-hybridized carbons (Fsp3) is 0.455. The van der Waals surface area contributed by atoms with Crippen molar-refractivity contribution in [1.82, 2.24) is 10.2 Å². The minimum atomic E-state index is 0.0397. The Hall–Kier alpha value is -2.16. The standard InChI is InChI=1S/C22H26N2O/c1-4-22(5-2)12-16-11-17-19(14(3)23-24-17)21(20(16)18(25)13-22)15-9-7-6-8-10-15/h6-10,21H,4-5,11-13H2,1-3H3,(H,23,24). The van der Waals surface area contributed by atoms with Crippen LogP contribution in [-0.4, -0.2) is 16.0 Å². The number of allylic oxidation sites excluding steroid dienone is 2. The van der Waals surface area contributed by atoms with Gasteiger partial charge in [-0.3, -0.25) is 9.89 Å². The average molecular weight is 334 g/mol. The molecule has 0 radical (unpaired) electrons. The lowest BCUT2D eigenvalue weighted by Gasteiger charge is -2.41. The van der Waals surface area contributed by atoms with Crippen LogP contribution in [0, 0.1) is 12.3 Å². The summed E-state index contributed by atoms with van der Waals surface area (Å²) >= 11 is 0. The first-order valence-electron chi connectivity index (χ1n) is 9.42. The molecule has 0 saturated carbocycles. The van der Waals surface area contributed by atoms with Crippen molar-refractivity contribution in [2.45, 2.75) is 58.8 Å². The largest absolute Gasteiger partial charge is 0.294 e. The van der Waals surface area contributed by atoms with E-state index in [1.54, 1.807) is 0 Å². The van der Waals surface area contributed by atoms with E-state index in [9.17, 15) is 4.79 Å². The number of benzene rings is 1. The minimum Gasteiger partial charge on any atom is -0.294 e. The summed E-state index contributed by atoms with van der Waals surface area (Å²) in [5, 5.41) is 7.74. The number of hydrogen-bond acceptors (Lipinski definition) is 2. The van der Waals surface area contributed by atoms with Crippen molar-refractivity contribution >= 4 is 5.78 Å². The molecule has 1 N–H and O–H groups in total. The lowest BCUT2D eigenvalue weighted by Crippen LogP contribution is -2.34. The first-order chi connectivity index (χ1) is 12.1. The fourth-order valence-electron chi connectivity index (χ4n) is 4.85. The predicted octanol–water partition coefficient (Wildman–Crippen LogP) is 4.87. The molecule has 2 aliphatic rings. The van der Waals surface area contributed by atoms with Crippen molar-refractivity contribution in [1.29, 1.82) is 0 Å². The molecule has 2 aromatic rings. The molecular weight excluding hydrogens is 308 g/mol. The smallest absolute Gasteiger partial charge is 0.160 e. The van der Waals surface area contributed by atoms with Crippen LogP contribution in [0.25, 0.3) is 0 Å². The number of carbonyl (C=O) groups excluding carboxylic acids is 1. The van der Waals surface area contributed by atoms with Crippen LogP contribution in [0.3, 0.4) is 0 Å². The second-order valence-electron chi connectivity index (χ2n) is 7.73. The third kappa shape index (κ3) is 2.48. The van der Waals surface area contributed by atoms with Crippen LogP contribution in [0.5, 0.6) is 0 Å². The number of carbonyl (C=O) groups is 1. The third-order valence-electron chi connectivity index (χ3n) is 6.47. The molecule has 0 bridgehead atoms. The summed E-state index contributed by atoms with van der Waals surface area (Å²) < 4.78 is 0. The lowest BCUT2D eigenvalue weighted by atomic mass is 9.62. The zero-order chi connectivity index (χ0) is 17.6. The lowest BCUT2D eigenvalue weighted by molar-refractivity contribution is -0.119. The van der Waals surface area contributed by atoms with Gasteiger partial charge in [0.1, 0.15) is 0 Å². The second kappa shape index (κ2) is 5.98. The summed E-state index contributed by atoms with van der Waals surface area (Å²) in [7, 11) is 0. The van der Waals surface area contributed by atoms with E-state index < -0.39 is 0 Å². The van der Waals surface area contributed by atoms with Crippen LogP contribution in [0.1, 0.15) is 68.0 Å². The third-order valence-corrected chi connectivity index (χ3v) is 6.47. The molecule has 3 heteroatoms. The highest BCUT2D eigenvalue weighted by molar-refractivity contribution is 6.00. The molecule has 1 aromatic carbocycles. The molecule has 0 fully saturated rings. The van der Waals surface area contributed by atoms with Gasteiger partial charge in [-0.1, -0.05) is 49.8 Å². The molecule has 0 spiro atoms. The highest BCUT2D eigenvalue weighted by atomic mass is 16.1. The van der Waals surface area contributed by atoms with E-state index in [2.05, 4.69) is 55.2 Å². The Morgan fingerprint density at radius 2 is 1.88 bits per heavy atom. The summed E-state index contributed by atoms with van der Waals surface area (Å²) in [5.74, 6) is 0.392. The van der Waals surface area contributed by atoms with Gasteiger partial charge in [0.25, 0.3) is 0 Å². The zero-order valence-corrected chi connectivity index (χ0v) is 15.4. The zero-order valence-electron chi connectivity index (χ0n) is 15.4. The maximum absolute atomic E-state index is 13.3. The number of nitrogens with one attached hydrogen (secondary N) is 1. The normalized spacial score (nSPS) is 21.9.